The van der Waals surface area contributed by atoms with Gasteiger partial charge in [-0.2, -0.15) is 0 Å². The Labute approximate surface area is 185 Å². The third kappa shape index (κ3) is 4.85. The molecule has 0 fully saturated rings. The number of ether oxygens (including phenoxy) is 2. The summed E-state index contributed by atoms with van der Waals surface area (Å²) in [5.74, 6) is -7.69. The minimum Gasteiger partial charge on any atom is -0.478 e. The van der Waals surface area contributed by atoms with Gasteiger partial charge in [0.2, 0.25) is 0 Å². The lowest BCUT2D eigenvalue weighted by atomic mass is 10.1. The van der Waals surface area contributed by atoms with Gasteiger partial charge in [-0.05, 0) is 36.4 Å². The van der Waals surface area contributed by atoms with E-state index in [1.54, 1.807) is 0 Å². The van der Waals surface area contributed by atoms with Crippen LogP contribution in [0, 0.1) is 0 Å². The van der Waals surface area contributed by atoms with Crippen molar-refractivity contribution in [3.63, 3.8) is 0 Å². The number of esters is 2. The van der Waals surface area contributed by atoms with Crippen molar-refractivity contribution in [3.8, 4) is 11.5 Å². The highest BCUT2D eigenvalue weighted by Crippen LogP contribution is 2.30. The molecule has 0 spiro atoms. The molecule has 3 aromatic carbocycles. The van der Waals surface area contributed by atoms with Crippen molar-refractivity contribution in [2.24, 2.45) is 0 Å². The lowest BCUT2D eigenvalue weighted by Crippen LogP contribution is -2.18. The smallest absolute Gasteiger partial charge is 0.344 e. The summed E-state index contributed by atoms with van der Waals surface area (Å²) >= 11 is 0. The van der Waals surface area contributed by atoms with Crippen LogP contribution in [0.25, 0.3) is 0 Å². The SMILES string of the molecule is O=C(O)c1ccccc1C(=O)Oc1cccc(OC(=O)c2ccccc2C(=O)O)c1C(=O)O. The maximum atomic E-state index is 12.5. The summed E-state index contributed by atoms with van der Waals surface area (Å²) in [6.45, 7) is 0. The van der Waals surface area contributed by atoms with E-state index in [0.717, 1.165) is 12.1 Å². The van der Waals surface area contributed by atoms with Gasteiger partial charge < -0.3 is 24.8 Å². The van der Waals surface area contributed by atoms with Crippen molar-refractivity contribution in [1.82, 2.24) is 0 Å². The minimum atomic E-state index is -1.61. The molecule has 0 saturated carbocycles. The molecule has 0 aliphatic heterocycles. The first-order valence-corrected chi connectivity index (χ1v) is 9.16. The Bertz CT molecular complexity index is 1200. The van der Waals surface area contributed by atoms with E-state index >= 15 is 0 Å². The van der Waals surface area contributed by atoms with Crippen LogP contribution in [0.4, 0.5) is 0 Å². The van der Waals surface area contributed by atoms with Gasteiger partial charge in [0.05, 0.1) is 22.3 Å². The summed E-state index contributed by atoms with van der Waals surface area (Å²) < 4.78 is 10.2. The summed E-state index contributed by atoms with van der Waals surface area (Å²) in [5, 5.41) is 28.1. The molecule has 0 bridgehead atoms. The Morgan fingerprint density at radius 3 is 1.18 bits per heavy atom. The van der Waals surface area contributed by atoms with Gasteiger partial charge in [0.1, 0.15) is 17.1 Å². The molecule has 0 atom stereocenters. The summed E-state index contributed by atoms with van der Waals surface area (Å²) in [6, 6.07) is 13.8. The maximum Gasteiger partial charge on any atom is 0.344 e. The van der Waals surface area contributed by atoms with E-state index in [1.807, 2.05) is 0 Å². The van der Waals surface area contributed by atoms with Crippen LogP contribution < -0.4 is 9.47 Å². The number of carbonyl (C=O) groups excluding carboxylic acids is 2. The number of hydrogen-bond donors (Lipinski definition) is 3. The molecular weight excluding hydrogens is 436 g/mol. The van der Waals surface area contributed by atoms with E-state index in [4.69, 9.17) is 9.47 Å². The van der Waals surface area contributed by atoms with Gasteiger partial charge in [-0.25, -0.2) is 24.0 Å². The molecular formula is C23H14O10. The first kappa shape index (κ1) is 22.7. The summed E-state index contributed by atoms with van der Waals surface area (Å²) in [5.41, 5.74) is -2.04. The van der Waals surface area contributed by atoms with Crippen molar-refractivity contribution in [2.75, 3.05) is 0 Å². The van der Waals surface area contributed by atoms with Crippen LogP contribution in [0.2, 0.25) is 0 Å². The van der Waals surface area contributed by atoms with E-state index in [2.05, 4.69) is 0 Å². The average Bonchev–Trinajstić information content (AvgIpc) is 2.78. The average molecular weight is 450 g/mol. The predicted octanol–water partition coefficient (Wildman–Crippen LogP) is 3.22. The summed E-state index contributed by atoms with van der Waals surface area (Å²) in [7, 11) is 0. The first-order chi connectivity index (χ1) is 15.7. The zero-order chi connectivity index (χ0) is 24.1. The number of carbonyl (C=O) groups is 5. The number of carboxylic acids is 3. The summed E-state index contributed by atoms with van der Waals surface area (Å²) in [6.07, 6.45) is 0. The molecule has 0 aliphatic rings. The van der Waals surface area contributed by atoms with Crippen LogP contribution in [0.5, 0.6) is 11.5 Å². The van der Waals surface area contributed by atoms with E-state index in [-0.39, 0.29) is 22.3 Å². The standard InChI is InChI=1S/C23H14O10/c24-19(25)12-6-1-3-8-14(12)22(30)32-16-10-5-11-17(18(16)21(28)29)33-23(31)15-9-4-2-7-13(15)20(26)27/h1-11H,(H,24,25)(H,26,27)(H,28,29). The maximum absolute atomic E-state index is 12.5. The van der Waals surface area contributed by atoms with Gasteiger partial charge in [0, 0.05) is 0 Å². The lowest BCUT2D eigenvalue weighted by Gasteiger charge is -2.13. The second kappa shape index (κ2) is 9.43. The third-order valence-corrected chi connectivity index (χ3v) is 4.36. The van der Waals surface area contributed by atoms with Gasteiger partial charge in [0.15, 0.2) is 0 Å². The number of aromatic carboxylic acids is 3. The molecule has 3 rings (SSSR count). The summed E-state index contributed by atoms with van der Waals surface area (Å²) in [4.78, 5) is 59.6. The molecule has 3 N–H and O–H groups in total. The van der Waals surface area contributed by atoms with Crippen LogP contribution in [0.1, 0.15) is 51.8 Å². The van der Waals surface area contributed by atoms with Crippen LogP contribution in [0.15, 0.2) is 66.7 Å². The highest BCUT2D eigenvalue weighted by Gasteiger charge is 2.26. The second-order valence-electron chi connectivity index (χ2n) is 6.41. The Balaban J connectivity index is 1.97. The zero-order valence-corrected chi connectivity index (χ0v) is 16.6. The molecule has 0 amide bonds. The molecule has 33 heavy (non-hydrogen) atoms. The third-order valence-electron chi connectivity index (χ3n) is 4.36. The molecule has 0 heterocycles. The van der Waals surface area contributed by atoms with Crippen molar-refractivity contribution in [3.05, 3.63) is 94.5 Å². The monoisotopic (exact) mass is 450 g/mol. The number of carboxylic acid groups (broad SMARTS) is 3. The van der Waals surface area contributed by atoms with Gasteiger partial charge in [0.25, 0.3) is 0 Å². The van der Waals surface area contributed by atoms with Gasteiger partial charge in [-0.1, -0.05) is 30.3 Å². The van der Waals surface area contributed by atoms with E-state index < -0.39 is 46.9 Å². The zero-order valence-electron chi connectivity index (χ0n) is 16.6. The molecule has 0 saturated heterocycles. The Morgan fingerprint density at radius 1 is 0.485 bits per heavy atom. The molecule has 0 aliphatic carbocycles. The highest BCUT2D eigenvalue weighted by atomic mass is 16.5. The normalized spacial score (nSPS) is 10.2. The van der Waals surface area contributed by atoms with Crippen LogP contribution in [-0.4, -0.2) is 45.2 Å². The number of benzene rings is 3. The Kier molecular flexibility index (Phi) is 6.49. The van der Waals surface area contributed by atoms with Crippen molar-refractivity contribution in [2.45, 2.75) is 0 Å². The topological polar surface area (TPSA) is 164 Å². The second-order valence-corrected chi connectivity index (χ2v) is 6.41. The molecule has 10 heteroatoms. The highest BCUT2D eigenvalue weighted by molar-refractivity contribution is 6.05. The number of hydrogen-bond acceptors (Lipinski definition) is 7. The Morgan fingerprint density at radius 2 is 0.848 bits per heavy atom. The minimum absolute atomic E-state index is 0.320. The molecule has 10 nitrogen and oxygen atoms in total. The molecule has 3 aromatic rings. The van der Waals surface area contributed by atoms with Gasteiger partial charge in [-0.3, -0.25) is 0 Å². The van der Waals surface area contributed by atoms with Gasteiger partial charge >= 0.3 is 29.8 Å². The largest absolute Gasteiger partial charge is 0.478 e. The van der Waals surface area contributed by atoms with E-state index in [0.29, 0.717) is 0 Å². The molecule has 0 unspecified atom stereocenters. The fourth-order valence-corrected chi connectivity index (χ4v) is 2.90. The quantitative estimate of drug-likeness (QED) is 0.359. The first-order valence-electron chi connectivity index (χ1n) is 9.16. The van der Waals surface area contributed by atoms with Crippen molar-refractivity contribution in [1.29, 1.82) is 0 Å². The fraction of sp³-hybridized carbons (Fsp3) is 0. The van der Waals surface area contributed by atoms with Crippen molar-refractivity contribution < 1.29 is 48.8 Å². The van der Waals surface area contributed by atoms with Crippen LogP contribution in [0.3, 0.4) is 0 Å². The van der Waals surface area contributed by atoms with Crippen molar-refractivity contribution >= 4 is 29.8 Å². The Hall–Kier alpha value is -4.99. The predicted molar refractivity (Wildman–Crippen MR) is 110 cm³/mol. The van der Waals surface area contributed by atoms with Crippen LogP contribution in [-0.2, 0) is 0 Å². The molecule has 166 valence electrons. The van der Waals surface area contributed by atoms with E-state index in [1.165, 1.54) is 54.6 Å². The van der Waals surface area contributed by atoms with Gasteiger partial charge in [-0.15, -0.1) is 0 Å². The van der Waals surface area contributed by atoms with Crippen LogP contribution >= 0.6 is 0 Å². The number of rotatable bonds is 7. The lowest BCUT2D eigenvalue weighted by molar-refractivity contribution is 0.0638. The molecule has 0 radical (unpaired) electrons. The van der Waals surface area contributed by atoms with E-state index in [9.17, 15) is 39.3 Å². The fourth-order valence-electron chi connectivity index (χ4n) is 2.90. The molecule has 0 aromatic heterocycles.